The highest BCUT2D eigenvalue weighted by atomic mass is 32.1. The number of Topliss-reactive ketones (excluding diaryl/α,β-unsaturated/α-hetero) is 1. The summed E-state index contributed by atoms with van der Waals surface area (Å²) in [5.41, 5.74) is 2.89. The number of rotatable bonds is 3. The first-order valence-corrected chi connectivity index (χ1v) is 11.0. The van der Waals surface area contributed by atoms with Gasteiger partial charge in [0.15, 0.2) is 5.78 Å². The third-order valence-electron chi connectivity index (χ3n) is 5.32. The van der Waals surface area contributed by atoms with Gasteiger partial charge in [-0.3, -0.25) is 4.79 Å². The average Bonchev–Trinajstić information content (AvgIpc) is 3.30. The van der Waals surface area contributed by atoms with Crippen molar-refractivity contribution in [1.82, 2.24) is 5.32 Å². The summed E-state index contributed by atoms with van der Waals surface area (Å²) in [5, 5.41) is 5.40. The van der Waals surface area contributed by atoms with Gasteiger partial charge in [-0.1, -0.05) is 19.9 Å². The summed E-state index contributed by atoms with van der Waals surface area (Å²) in [7, 11) is 1.39. The number of ketones is 1. The van der Waals surface area contributed by atoms with Crippen LogP contribution in [0.3, 0.4) is 0 Å². The molecule has 2 aromatic rings. The summed E-state index contributed by atoms with van der Waals surface area (Å²) < 4.78 is 5.08. The van der Waals surface area contributed by atoms with Crippen LogP contribution in [0.15, 0.2) is 52.2 Å². The lowest BCUT2D eigenvalue weighted by molar-refractivity contribution is -0.136. The number of allylic oxidation sites excluding steroid dienone is 3. The Morgan fingerprint density at radius 1 is 1.21 bits per heavy atom. The molecule has 4 rings (SSSR count). The molecule has 1 aliphatic carbocycles. The second-order valence-electron chi connectivity index (χ2n) is 8.10. The van der Waals surface area contributed by atoms with Crippen molar-refractivity contribution in [3.05, 3.63) is 57.1 Å². The average molecular weight is 414 g/mol. The Morgan fingerprint density at radius 3 is 2.68 bits per heavy atom. The minimum Gasteiger partial charge on any atom is -0.466 e. The molecule has 1 N–H and O–H groups in total. The smallest absolute Gasteiger partial charge is 0.336 e. The number of thiophene rings is 2. The van der Waals surface area contributed by atoms with Gasteiger partial charge in [0.1, 0.15) is 0 Å². The van der Waals surface area contributed by atoms with Crippen LogP contribution in [0.1, 0.15) is 44.4 Å². The van der Waals surface area contributed by atoms with Crippen molar-refractivity contribution < 1.29 is 14.3 Å². The van der Waals surface area contributed by atoms with Crippen molar-refractivity contribution in [3.63, 3.8) is 0 Å². The molecule has 6 heteroatoms. The van der Waals surface area contributed by atoms with Gasteiger partial charge in [-0.15, -0.1) is 22.7 Å². The van der Waals surface area contributed by atoms with Gasteiger partial charge in [-0.2, -0.15) is 0 Å². The summed E-state index contributed by atoms with van der Waals surface area (Å²) in [6.07, 6.45) is 1.28. The molecular weight excluding hydrogens is 390 g/mol. The second kappa shape index (κ2) is 7.01. The van der Waals surface area contributed by atoms with Crippen molar-refractivity contribution in [3.8, 4) is 9.75 Å². The number of carbonyl (C=O) groups excluding carboxylic acids is 2. The van der Waals surface area contributed by atoms with Crippen LogP contribution in [-0.4, -0.2) is 18.9 Å². The maximum Gasteiger partial charge on any atom is 0.336 e. The minimum absolute atomic E-state index is 0.0892. The van der Waals surface area contributed by atoms with Gasteiger partial charge >= 0.3 is 5.97 Å². The predicted octanol–water partition coefficient (Wildman–Crippen LogP) is 5.25. The van der Waals surface area contributed by atoms with Crippen LogP contribution in [0.5, 0.6) is 0 Å². The first kappa shape index (κ1) is 19.2. The molecule has 0 spiro atoms. The van der Waals surface area contributed by atoms with Crippen LogP contribution in [0.25, 0.3) is 9.75 Å². The maximum atomic E-state index is 13.2. The number of ether oxygens (including phenoxy) is 1. The number of hydrogen-bond donors (Lipinski definition) is 1. The Balaban J connectivity index is 1.86. The number of hydrogen-bond acceptors (Lipinski definition) is 6. The summed E-state index contributed by atoms with van der Waals surface area (Å²) in [6, 6.07) is 8.24. The number of esters is 1. The predicted molar refractivity (Wildman–Crippen MR) is 113 cm³/mol. The number of carbonyl (C=O) groups is 2. The molecule has 2 aromatic heterocycles. The van der Waals surface area contributed by atoms with E-state index in [1.807, 2.05) is 19.1 Å². The van der Waals surface area contributed by atoms with Crippen LogP contribution in [0.2, 0.25) is 0 Å². The molecule has 28 heavy (non-hydrogen) atoms. The molecule has 0 bridgehead atoms. The van der Waals surface area contributed by atoms with E-state index in [0.717, 1.165) is 33.1 Å². The van der Waals surface area contributed by atoms with Gasteiger partial charge in [-0.05, 0) is 42.3 Å². The molecule has 0 saturated carbocycles. The quantitative estimate of drug-likeness (QED) is 0.698. The molecule has 146 valence electrons. The van der Waals surface area contributed by atoms with Crippen LogP contribution >= 0.6 is 22.7 Å². The van der Waals surface area contributed by atoms with Gasteiger partial charge in [-0.25, -0.2) is 4.79 Å². The second-order valence-corrected chi connectivity index (χ2v) is 10.2. The summed E-state index contributed by atoms with van der Waals surface area (Å²) in [5.74, 6) is -0.639. The zero-order chi connectivity index (χ0) is 20.1. The zero-order valence-electron chi connectivity index (χ0n) is 16.4. The fourth-order valence-electron chi connectivity index (χ4n) is 4.16. The van der Waals surface area contributed by atoms with Gasteiger partial charge in [0, 0.05) is 38.0 Å². The van der Waals surface area contributed by atoms with Gasteiger partial charge < -0.3 is 10.1 Å². The molecule has 1 aliphatic heterocycles. The van der Waals surface area contributed by atoms with Crippen molar-refractivity contribution in [2.24, 2.45) is 5.41 Å². The highest BCUT2D eigenvalue weighted by Crippen LogP contribution is 2.49. The number of methoxy groups -OCH3 is 1. The van der Waals surface area contributed by atoms with Crippen molar-refractivity contribution in [2.75, 3.05) is 7.11 Å². The van der Waals surface area contributed by atoms with Crippen LogP contribution in [-0.2, 0) is 14.3 Å². The zero-order valence-corrected chi connectivity index (χ0v) is 18.1. The van der Waals surface area contributed by atoms with Crippen molar-refractivity contribution in [2.45, 2.75) is 39.5 Å². The van der Waals surface area contributed by atoms with E-state index in [1.54, 1.807) is 22.7 Å². The molecule has 0 amide bonds. The number of dihydropyridines is 1. The van der Waals surface area contributed by atoms with Crippen LogP contribution < -0.4 is 5.32 Å². The largest absolute Gasteiger partial charge is 0.466 e. The lowest BCUT2D eigenvalue weighted by atomic mass is 9.70. The van der Waals surface area contributed by atoms with Gasteiger partial charge in [0.05, 0.1) is 18.6 Å². The molecule has 0 aromatic carbocycles. The third kappa shape index (κ3) is 3.25. The summed E-state index contributed by atoms with van der Waals surface area (Å²) in [6.45, 7) is 6.11. The van der Waals surface area contributed by atoms with Crippen LogP contribution in [0, 0.1) is 5.41 Å². The van der Waals surface area contributed by atoms with Gasteiger partial charge in [0.2, 0.25) is 0 Å². The van der Waals surface area contributed by atoms with Crippen molar-refractivity contribution >= 4 is 34.4 Å². The molecule has 2 aliphatic rings. The first-order valence-electron chi connectivity index (χ1n) is 9.26. The Morgan fingerprint density at radius 2 is 2.00 bits per heavy atom. The van der Waals surface area contributed by atoms with E-state index in [4.69, 9.17) is 4.74 Å². The van der Waals surface area contributed by atoms with E-state index < -0.39 is 0 Å². The molecule has 0 unspecified atom stereocenters. The highest BCUT2D eigenvalue weighted by molar-refractivity contribution is 7.21. The van der Waals surface area contributed by atoms with Crippen molar-refractivity contribution in [1.29, 1.82) is 0 Å². The van der Waals surface area contributed by atoms with E-state index in [2.05, 4.69) is 36.7 Å². The fraction of sp³-hybridized carbons (Fsp3) is 0.364. The van der Waals surface area contributed by atoms with E-state index >= 15 is 0 Å². The van der Waals surface area contributed by atoms with E-state index in [1.165, 1.54) is 12.0 Å². The monoisotopic (exact) mass is 413 g/mol. The van der Waals surface area contributed by atoms with Gasteiger partial charge in [0.25, 0.3) is 0 Å². The Bertz CT molecular complexity index is 1010. The SMILES string of the molecule is COC(=O)C1=C(C)NC2=C(C(=O)CC(C)(C)C2)[C@H]1c1ccc(-c2cccs2)s1. The fourth-order valence-corrected chi connectivity index (χ4v) is 6.12. The maximum absolute atomic E-state index is 13.2. The lowest BCUT2D eigenvalue weighted by Gasteiger charge is -2.39. The van der Waals surface area contributed by atoms with E-state index in [0.29, 0.717) is 12.0 Å². The molecule has 0 radical (unpaired) electrons. The molecular formula is C22H23NO3S2. The molecule has 1 atom stereocenters. The standard InChI is InChI=1S/C22H23NO3S2/c1-12-18(21(25)26-4)20(17-8-7-16(28-17)15-6-5-9-27-15)19-13(23-12)10-22(2,3)11-14(19)24/h5-9,20,23H,10-11H2,1-4H3/t20-/m0/s1. The number of nitrogens with one attached hydrogen (secondary N) is 1. The summed E-state index contributed by atoms with van der Waals surface area (Å²) in [4.78, 5) is 29.2. The topological polar surface area (TPSA) is 55.4 Å². The summed E-state index contributed by atoms with van der Waals surface area (Å²) >= 11 is 3.33. The molecule has 0 fully saturated rings. The third-order valence-corrected chi connectivity index (χ3v) is 7.54. The molecule has 0 saturated heterocycles. The molecule has 3 heterocycles. The first-order chi connectivity index (χ1) is 13.3. The van der Waals surface area contributed by atoms with Crippen LogP contribution in [0.4, 0.5) is 0 Å². The van der Waals surface area contributed by atoms with E-state index in [-0.39, 0.29) is 23.1 Å². The van der Waals surface area contributed by atoms with E-state index in [9.17, 15) is 9.59 Å². The molecule has 4 nitrogen and oxygen atoms in total. The minimum atomic E-state index is -0.384. The Hall–Kier alpha value is -2.18. The lowest BCUT2D eigenvalue weighted by Crippen LogP contribution is -2.38. The highest BCUT2D eigenvalue weighted by Gasteiger charge is 2.43. The Labute approximate surface area is 172 Å². The Kier molecular flexibility index (Phi) is 4.79. The normalized spacial score (nSPS) is 21.4.